The van der Waals surface area contributed by atoms with E-state index in [1.54, 1.807) is 19.2 Å². The Labute approximate surface area is 126 Å². The first-order chi connectivity index (χ1) is 9.25. The number of benzene rings is 1. The number of nitrogens with zero attached hydrogens (tertiary/aromatic N) is 2. The molecule has 0 aromatic heterocycles. The normalized spacial score (nSPS) is 12.1. The molecule has 0 radical (unpaired) electrons. The molecule has 1 aromatic rings. The average molecular weight is 315 g/mol. The molecule has 1 rings (SSSR count). The summed E-state index contributed by atoms with van der Waals surface area (Å²) in [6.07, 6.45) is 0.785. The predicted molar refractivity (Wildman–Crippen MR) is 85.3 cm³/mol. The second-order valence-electron chi connectivity index (χ2n) is 4.87. The molecule has 5 nitrogen and oxygen atoms in total. The van der Waals surface area contributed by atoms with Gasteiger partial charge < -0.3 is 10.6 Å². The van der Waals surface area contributed by atoms with E-state index in [1.165, 1.54) is 16.4 Å². The lowest BCUT2D eigenvalue weighted by atomic mass is 10.2. The van der Waals surface area contributed by atoms with Gasteiger partial charge in [0.15, 0.2) is 0 Å². The maximum absolute atomic E-state index is 12.3. The van der Waals surface area contributed by atoms with E-state index in [-0.39, 0.29) is 9.88 Å². The van der Waals surface area contributed by atoms with E-state index in [2.05, 4.69) is 0 Å². The van der Waals surface area contributed by atoms with Crippen molar-refractivity contribution >= 4 is 27.2 Å². The van der Waals surface area contributed by atoms with E-state index in [1.807, 2.05) is 19.0 Å². The van der Waals surface area contributed by atoms with Crippen molar-refractivity contribution in [2.75, 3.05) is 34.2 Å². The number of sulfonamides is 1. The molecule has 0 aliphatic carbocycles. The minimum Gasteiger partial charge on any atom is -0.389 e. The van der Waals surface area contributed by atoms with Crippen LogP contribution in [0, 0.1) is 0 Å². The molecule has 0 fully saturated rings. The van der Waals surface area contributed by atoms with Gasteiger partial charge in [0.1, 0.15) is 4.99 Å². The number of thiocarbonyl (C=S) groups is 1. The summed E-state index contributed by atoms with van der Waals surface area (Å²) in [7, 11) is 2.06. The Kier molecular flexibility index (Phi) is 6.07. The summed E-state index contributed by atoms with van der Waals surface area (Å²) in [6.45, 7) is 1.33. The molecule has 0 spiro atoms. The number of hydrogen-bond donors (Lipinski definition) is 1. The summed E-state index contributed by atoms with van der Waals surface area (Å²) in [5.41, 5.74) is 6.15. The maximum atomic E-state index is 12.3. The Balaban J connectivity index is 2.79. The van der Waals surface area contributed by atoms with Crippen LogP contribution in [0.15, 0.2) is 29.2 Å². The summed E-state index contributed by atoms with van der Waals surface area (Å²) in [4.78, 5) is 2.54. The van der Waals surface area contributed by atoms with E-state index in [0.29, 0.717) is 12.1 Å². The molecule has 0 heterocycles. The highest BCUT2D eigenvalue weighted by molar-refractivity contribution is 7.89. The molecule has 2 N–H and O–H groups in total. The van der Waals surface area contributed by atoms with Gasteiger partial charge >= 0.3 is 0 Å². The Hall–Kier alpha value is -1.02. The van der Waals surface area contributed by atoms with Gasteiger partial charge in [-0.15, -0.1) is 0 Å². The Morgan fingerprint density at radius 3 is 2.15 bits per heavy atom. The number of nitrogens with two attached hydrogens (primary N) is 1. The lowest BCUT2D eigenvalue weighted by molar-refractivity contribution is 0.370. The van der Waals surface area contributed by atoms with Crippen LogP contribution in [0.3, 0.4) is 0 Å². The van der Waals surface area contributed by atoms with Gasteiger partial charge in [-0.05, 0) is 39.2 Å². The number of hydrogen-bond acceptors (Lipinski definition) is 4. The van der Waals surface area contributed by atoms with Crippen LogP contribution >= 0.6 is 12.2 Å². The van der Waals surface area contributed by atoms with Crippen LogP contribution in [0.1, 0.15) is 12.0 Å². The zero-order valence-electron chi connectivity index (χ0n) is 12.0. The third kappa shape index (κ3) is 4.52. The molecular weight excluding hydrogens is 294 g/mol. The van der Waals surface area contributed by atoms with Crippen LogP contribution in [0.2, 0.25) is 0 Å². The lowest BCUT2D eigenvalue weighted by Crippen LogP contribution is -2.30. The van der Waals surface area contributed by atoms with Gasteiger partial charge in [-0.25, -0.2) is 12.7 Å². The van der Waals surface area contributed by atoms with E-state index in [4.69, 9.17) is 18.0 Å². The molecule has 7 heteroatoms. The van der Waals surface area contributed by atoms with Crippen molar-refractivity contribution in [1.29, 1.82) is 0 Å². The van der Waals surface area contributed by atoms with E-state index < -0.39 is 10.0 Å². The van der Waals surface area contributed by atoms with Crippen molar-refractivity contribution in [1.82, 2.24) is 9.21 Å². The second-order valence-corrected chi connectivity index (χ2v) is 7.36. The molecule has 1 aromatic carbocycles. The zero-order chi connectivity index (χ0) is 15.3. The van der Waals surface area contributed by atoms with Crippen molar-refractivity contribution in [3.05, 3.63) is 29.8 Å². The van der Waals surface area contributed by atoms with Crippen LogP contribution in [-0.2, 0) is 10.0 Å². The first-order valence-electron chi connectivity index (χ1n) is 6.26. The van der Waals surface area contributed by atoms with Crippen molar-refractivity contribution in [2.24, 2.45) is 5.73 Å². The highest BCUT2D eigenvalue weighted by Gasteiger charge is 2.20. The summed E-state index contributed by atoms with van der Waals surface area (Å²) in [5, 5.41) is 0. The van der Waals surface area contributed by atoms with Gasteiger partial charge in [0.25, 0.3) is 0 Å². The first kappa shape index (κ1) is 17.0. The van der Waals surface area contributed by atoms with Gasteiger partial charge in [-0.1, -0.05) is 24.4 Å². The molecule has 0 atom stereocenters. The van der Waals surface area contributed by atoms with Crippen molar-refractivity contribution in [3.63, 3.8) is 0 Å². The summed E-state index contributed by atoms with van der Waals surface area (Å²) < 4.78 is 26.0. The molecule has 0 amide bonds. The van der Waals surface area contributed by atoms with Crippen LogP contribution < -0.4 is 5.73 Å². The van der Waals surface area contributed by atoms with Crippen LogP contribution in [0.5, 0.6) is 0 Å². The Bertz CT molecular complexity index is 553. The Morgan fingerprint density at radius 1 is 1.15 bits per heavy atom. The lowest BCUT2D eigenvalue weighted by Gasteiger charge is -2.18. The number of rotatable bonds is 7. The van der Waals surface area contributed by atoms with Gasteiger partial charge in [-0.3, -0.25) is 0 Å². The largest absolute Gasteiger partial charge is 0.389 e. The second kappa shape index (κ2) is 7.12. The molecule has 0 saturated heterocycles. The molecule has 0 unspecified atom stereocenters. The first-order valence-corrected chi connectivity index (χ1v) is 8.11. The van der Waals surface area contributed by atoms with Crippen molar-refractivity contribution in [3.8, 4) is 0 Å². The molecule has 112 valence electrons. The third-order valence-corrected chi connectivity index (χ3v) is 5.03. The molecule has 0 bridgehead atoms. The minimum atomic E-state index is -3.45. The summed E-state index contributed by atoms with van der Waals surface area (Å²) in [5.74, 6) is 0. The predicted octanol–water partition coefficient (Wildman–Crippen LogP) is 0.893. The Morgan fingerprint density at radius 2 is 1.70 bits per heavy atom. The van der Waals surface area contributed by atoms with Crippen LogP contribution in [0.4, 0.5) is 0 Å². The van der Waals surface area contributed by atoms with E-state index >= 15 is 0 Å². The topological polar surface area (TPSA) is 66.6 Å². The van der Waals surface area contributed by atoms with Crippen molar-refractivity contribution < 1.29 is 8.42 Å². The van der Waals surface area contributed by atoms with Gasteiger partial charge in [0.2, 0.25) is 10.0 Å². The third-order valence-electron chi connectivity index (χ3n) is 2.93. The molecule has 0 saturated carbocycles. The quantitative estimate of drug-likeness (QED) is 0.757. The van der Waals surface area contributed by atoms with Crippen molar-refractivity contribution in [2.45, 2.75) is 11.3 Å². The van der Waals surface area contributed by atoms with Crippen LogP contribution in [0.25, 0.3) is 0 Å². The van der Waals surface area contributed by atoms with Gasteiger partial charge in [0, 0.05) is 19.2 Å². The maximum Gasteiger partial charge on any atom is 0.242 e. The highest BCUT2D eigenvalue weighted by atomic mass is 32.2. The molecule has 20 heavy (non-hydrogen) atoms. The minimum absolute atomic E-state index is 0.254. The van der Waals surface area contributed by atoms with E-state index in [9.17, 15) is 8.42 Å². The van der Waals surface area contributed by atoms with E-state index in [0.717, 1.165) is 13.0 Å². The highest BCUT2D eigenvalue weighted by Crippen LogP contribution is 2.15. The summed E-state index contributed by atoms with van der Waals surface area (Å²) >= 11 is 4.85. The fourth-order valence-electron chi connectivity index (χ4n) is 1.70. The smallest absolute Gasteiger partial charge is 0.242 e. The van der Waals surface area contributed by atoms with Gasteiger partial charge in [0.05, 0.1) is 4.90 Å². The molecular formula is C13H21N3O2S2. The molecule has 0 aliphatic rings. The monoisotopic (exact) mass is 315 g/mol. The fraction of sp³-hybridized carbons (Fsp3) is 0.462. The zero-order valence-corrected chi connectivity index (χ0v) is 13.7. The van der Waals surface area contributed by atoms with Gasteiger partial charge in [-0.2, -0.15) is 0 Å². The fourth-order valence-corrected chi connectivity index (χ4v) is 3.05. The van der Waals surface area contributed by atoms with Crippen LogP contribution in [-0.4, -0.2) is 56.8 Å². The standard InChI is InChI=1S/C13H21N3O2S2/c1-15(2)9-4-10-16(3)20(17,18)12-7-5-11(6-8-12)13(14)19/h5-8H,4,9-10H2,1-3H3,(H2,14,19). The summed E-state index contributed by atoms with van der Waals surface area (Å²) in [6, 6.07) is 6.32. The molecule has 0 aliphatic heterocycles. The SMILES string of the molecule is CN(C)CCCN(C)S(=O)(=O)c1ccc(C(N)=S)cc1. The average Bonchev–Trinajstić information content (AvgIpc) is 2.38.